The van der Waals surface area contributed by atoms with E-state index in [1.54, 1.807) is 13.1 Å². The number of aryl methyl sites for hydroxylation is 1. The van der Waals surface area contributed by atoms with Crippen molar-refractivity contribution in [3.8, 4) is 0 Å². The van der Waals surface area contributed by atoms with Crippen LogP contribution < -0.4 is 5.32 Å². The number of hydrogen-bond donors (Lipinski definition) is 2. The molecule has 0 radical (unpaired) electrons. The van der Waals surface area contributed by atoms with Crippen molar-refractivity contribution in [3.05, 3.63) is 29.6 Å². The fourth-order valence-corrected chi connectivity index (χ4v) is 1.74. The van der Waals surface area contributed by atoms with E-state index in [-0.39, 0.29) is 18.4 Å². The van der Waals surface area contributed by atoms with Gasteiger partial charge in [0.1, 0.15) is 0 Å². The Kier molecular flexibility index (Phi) is 5.48. The van der Waals surface area contributed by atoms with Gasteiger partial charge in [0.15, 0.2) is 0 Å². The maximum atomic E-state index is 11.8. The molecule has 1 aromatic heterocycles. The van der Waals surface area contributed by atoms with Crippen molar-refractivity contribution in [1.29, 1.82) is 0 Å². The van der Waals surface area contributed by atoms with E-state index in [0.717, 1.165) is 17.7 Å². The van der Waals surface area contributed by atoms with Crippen molar-refractivity contribution in [2.75, 3.05) is 6.54 Å². The second-order valence-corrected chi connectivity index (χ2v) is 5.43. The van der Waals surface area contributed by atoms with Gasteiger partial charge in [-0.25, -0.2) is 0 Å². The summed E-state index contributed by atoms with van der Waals surface area (Å²) in [5.41, 5.74) is 0.950. The molecule has 1 aromatic rings. The van der Waals surface area contributed by atoms with E-state index in [1.165, 1.54) is 0 Å². The highest BCUT2D eigenvalue weighted by Crippen LogP contribution is 2.18. The van der Waals surface area contributed by atoms with Gasteiger partial charge in [0.2, 0.25) is 5.91 Å². The number of nitrogens with one attached hydrogen (secondary N) is 1. The van der Waals surface area contributed by atoms with Crippen molar-refractivity contribution in [2.24, 2.45) is 5.92 Å². The SMILES string of the molecule is CCC(C)C(C)(O)CNC(=O)Cc1ccc(C)nc1. The Balaban J connectivity index is 2.46. The van der Waals surface area contributed by atoms with E-state index in [9.17, 15) is 9.90 Å². The van der Waals surface area contributed by atoms with Gasteiger partial charge < -0.3 is 10.4 Å². The van der Waals surface area contributed by atoms with E-state index in [2.05, 4.69) is 10.3 Å². The molecule has 19 heavy (non-hydrogen) atoms. The van der Waals surface area contributed by atoms with Gasteiger partial charge in [-0.3, -0.25) is 9.78 Å². The molecule has 2 N–H and O–H groups in total. The molecule has 106 valence electrons. The fourth-order valence-electron chi connectivity index (χ4n) is 1.74. The van der Waals surface area contributed by atoms with Gasteiger partial charge in [-0.1, -0.05) is 26.3 Å². The van der Waals surface area contributed by atoms with Crippen molar-refractivity contribution >= 4 is 5.91 Å². The summed E-state index contributed by atoms with van der Waals surface area (Å²) in [6.07, 6.45) is 2.89. The van der Waals surface area contributed by atoms with Crippen LogP contribution in [0.3, 0.4) is 0 Å². The Labute approximate surface area is 115 Å². The largest absolute Gasteiger partial charge is 0.388 e. The molecule has 4 heteroatoms. The van der Waals surface area contributed by atoms with Crippen LogP contribution in [0.2, 0.25) is 0 Å². The van der Waals surface area contributed by atoms with Gasteiger partial charge in [0.05, 0.1) is 12.0 Å². The van der Waals surface area contributed by atoms with Crippen LogP contribution in [-0.2, 0) is 11.2 Å². The van der Waals surface area contributed by atoms with E-state index in [0.29, 0.717) is 6.42 Å². The summed E-state index contributed by atoms with van der Waals surface area (Å²) in [5.74, 6) is 0.0584. The molecule has 0 saturated carbocycles. The number of rotatable bonds is 6. The fraction of sp³-hybridized carbons (Fsp3) is 0.600. The van der Waals surface area contributed by atoms with Crippen LogP contribution in [0.25, 0.3) is 0 Å². The Morgan fingerprint density at radius 1 is 1.53 bits per heavy atom. The van der Waals surface area contributed by atoms with Gasteiger partial charge in [0.25, 0.3) is 0 Å². The molecule has 0 aromatic carbocycles. The lowest BCUT2D eigenvalue weighted by Crippen LogP contribution is -2.45. The highest BCUT2D eigenvalue weighted by atomic mass is 16.3. The Morgan fingerprint density at radius 2 is 2.21 bits per heavy atom. The average Bonchev–Trinajstić information content (AvgIpc) is 2.38. The van der Waals surface area contributed by atoms with Gasteiger partial charge in [0, 0.05) is 18.4 Å². The van der Waals surface area contributed by atoms with E-state index in [1.807, 2.05) is 32.9 Å². The standard InChI is InChI=1S/C15H24N2O2/c1-5-11(2)15(4,19)10-17-14(18)8-13-7-6-12(3)16-9-13/h6-7,9,11,19H,5,8,10H2,1-4H3,(H,17,18). The minimum Gasteiger partial charge on any atom is -0.388 e. The topological polar surface area (TPSA) is 62.2 Å². The second-order valence-electron chi connectivity index (χ2n) is 5.43. The number of aromatic nitrogens is 1. The third-order valence-corrected chi connectivity index (χ3v) is 3.65. The summed E-state index contributed by atoms with van der Waals surface area (Å²) in [4.78, 5) is 16.0. The molecule has 1 amide bonds. The zero-order chi connectivity index (χ0) is 14.5. The first-order valence-electron chi connectivity index (χ1n) is 6.75. The summed E-state index contributed by atoms with van der Waals surface area (Å²) >= 11 is 0. The van der Waals surface area contributed by atoms with E-state index >= 15 is 0 Å². The van der Waals surface area contributed by atoms with Crippen LogP contribution >= 0.6 is 0 Å². The number of aliphatic hydroxyl groups is 1. The maximum absolute atomic E-state index is 11.8. The van der Waals surface area contributed by atoms with E-state index in [4.69, 9.17) is 0 Å². The summed E-state index contributed by atoms with van der Waals surface area (Å²) in [7, 11) is 0. The van der Waals surface area contributed by atoms with E-state index < -0.39 is 5.60 Å². The first-order valence-corrected chi connectivity index (χ1v) is 6.75. The summed E-state index contributed by atoms with van der Waals surface area (Å²) in [5, 5.41) is 13.0. The summed E-state index contributed by atoms with van der Waals surface area (Å²) in [6.45, 7) is 7.96. The molecule has 1 heterocycles. The number of nitrogens with zero attached hydrogens (tertiary/aromatic N) is 1. The Hall–Kier alpha value is -1.42. The highest BCUT2D eigenvalue weighted by Gasteiger charge is 2.27. The smallest absolute Gasteiger partial charge is 0.224 e. The molecule has 0 bridgehead atoms. The molecule has 2 unspecified atom stereocenters. The predicted molar refractivity (Wildman–Crippen MR) is 75.8 cm³/mol. The zero-order valence-corrected chi connectivity index (χ0v) is 12.2. The molecular weight excluding hydrogens is 240 g/mol. The molecule has 0 fully saturated rings. The third-order valence-electron chi connectivity index (χ3n) is 3.65. The minimum absolute atomic E-state index is 0.0887. The molecule has 4 nitrogen and oxygen atoms in total. The summed E-state index contributed by atoms with van der Waals surface area (Å²) in [6, 6.07) is 3.78. The van der Waals surface area contributed by atoms with Gasteiger partial charge in [-0.05, 0) is 31.4 Å². The van der Waals surface area contributed by atoms with Crippen LogP contribution in [-0.4, -0.2) is 28.1 Å². The van der Waals surface area contributed by atoms with Gasteiger partial charge in [-0.2, -0.15) is 0 Å². The number of pyridine rings is 1. The van der Waals surface area contributed by atoms with Crippen LogP contribution in [0.5, 0.6) is 0 Å². The maximum Gasteiger partial charge on any atom is 0.224 e. The molecule has 0 aliphatic heterocycles. The number of amides is 1. The quantitative estimate of drug-likeness (QED) is 0.824. The van der Waals surface area contributed by atoms with Gasteiger partial charge in [-0.15, -0.1) is 0 Å². The Morgan fingerprint density at radius 3 is 2.74 bits per heavy atom. The summed E-state index contributed by atoms with van der Waals surface area (Å²) < 4.78 is 0. The monoisotopic (exact) mass is 264 g/mol. The lowest BCUT2D eigenvalue weighted by molar-refractivity contribution is -0.122. The molecule has 1 rings (SSSR count). The van der Waals surface area contributed by atoms with Crippen molar-refractivity contribution < 1.29 is 9.90 Å². The van der Waals surface area contributed by atoms with Crippen LogP contribution in [0.15, 0.2) is 18.3 Å². The predicted octanol–water partition coefficient (Wildman–Crippen LogP) is 1.85. The second kappa shape index (κ2) is 6.66. The number of carbonyl (C=O) groups excluding carboxylic acids is 1. The van der Waals surface area contributed by atoms with Crippen LogP contribution in [0.4, 0.5) is 0 Å². The zero-order valence-electron chi connectivity index (χ0n) is 12.2. The molecular formula is C15H24N2O2. The van der Waals surface area contributed by atoms with Crippen molar-refractivity contribution in [1.82, 2.24) is 10.3 Å². The molecule has 0 aliphatic carbocycles. The molecule has 2 atom stereocenters. The van der Waals surface area contributed by atoms with Crippen molar-refractivity contribution in [2.45, 2.75) is 46.1 Å². The average molecular weight is 264 g/mol. The molecule has 0 aliphatic rings. The first kappa shape index (κ1) is 15.6. The molecule has 0 saturated heterocycles. The van der Waals surface area contributed by atoms with Crippen molar-refractivity contribution in [3.63, 3.8) is 0 Å². The highest BCUT2D eigenvalue weighted by molar-refractivity contribution is 5.78. The lowest BCUT2D eigenvalue weighted by atomic mass is 9.88. The van der Waals surface area contributed by atoms with Gasteiger partial charge >= 0.3 is 0 Å². The minimum atomic E-state index is -0.865. The third kappa shape index (κ3) is 4.99. The molecule has 0 spiro atoms. The number of hydrogen-bond acceptors (Lipinski definition) is 3. The Bertz CT molecular complexity index is 413. The number of carbonyl (C=O) groups is 1. The lowest BCUT2D eigenvalue weighted by Gasteiger charge is -2.29. The van der Waals surface area contributed by atoms with Crippen LogP contribution in [0, 0.1) is 12.8 Å². The first-order chi connectivity index (χ1) is 8.85. The normalized spacial score (nSPS) is 15.6. The van der Waals surface area contributed by atoms with Crippen LogP contribution in [0.1, 0.15) is 38.4 Å².